The molecule has 4 nitrogen and oxygen atoms in total. The van der Waals surface area contributed by atoms with Gasteiger partial charge in [-0.1, -0.05) is 0 Å². The van der Waals surface area contributed by atoms with Crippen LogP contribution in [0.5, 0.6) is 0 Å². The first-order valence-corrected chi connectivity index (χ1v) is 2.10. The summed E-state index contributed by atoms with van der Waals surface area (Å²) < 4.78 is 31.6. The van der Waals surface area contributed by atoms with Crippen molar-refractivity contribution in [3.05, 3.63) is 0 Å². The molecule has 0 saturated carbocycles. The number of hydrogen-bond acceptors (Lipinski definition) is 2. The van der Waals surface area contributed by atoms with Gasteiger partial charge in [-0.3, -0.25) is 9.11 Å². The van der Waals surface area contributed by atoms with Crippen LogP contribution in [0.15, 0.2) is 0 Å². The summed E-state index contributed by atoms with van der Waals surface area (Å²) in [6.45, 7) is 0. The molecule has 0 heterocycles. The molecule has 0 amide bonds. The van der Waals surface area contributed by atoms with Crippen LogP contribution in [0.25, 0.3) is 0 Å². The van der Waals surface area contributed by atoms with Gasteiger partial charge in [0.2, 0.25) is 0 Å². The van der Waals surface area contributed by atoms with Crippen molar-refractivity contribution < 1.29 is 92.1 Å². The Kier molecular flexibility index (Phi) is 15.0. The van der Waals surface area contributed by atoms with Crippen LogP contribution in [0, 0.1) is 74.6 Å². The Labute approximate surface area is 100 Å². The number of hydrogen-bond donors (Lipinski definition) is 2. The summed E-state index contributed by atoms with van der Waals surface area (Å²) in [4.78, 5) is 0. The normalized spacial score (nSPS) is 8.29. The minimum absolute atomic E-state index is 0. The van der Waals surface area contributed by atoms with Crippen molar-refractivity contribution in [2.75, 3.05) is 0 Å². The van der Waals surface area contributed by atoms with E-state index in [2.05, 4.69) is 0 Å². The van der Waals surface area contributed by atoms with Gasteiger partial charge in [0.15, 0.2) is 0 Å². The fraction of sp³-hybridized carbons (Fsp3) is 0. The molecular weight excluding hydrogens is 431 g/mol. The van der Waals surface area contributed by atoms with E-state index in [4.69, 9.17) is 17.5 Å². The molecule has 0 unspecified atom stereocenters. The largest absolute Gasteiger partial charge is 0.394 e. The van der Waals surface area contributed by atoms with Crippen LogP contribution >= 0.6 is 0 Å². The van der Waals surface area contributed by atoms with E-state index in [1.807, 2.05) is 0 Å². The van der Waals surface area contributed by atoms with Crippen LogP contribution in [-0.4, -0.2) is 17.5 Å². The predicted octanol–water partition coefficient (Wildman–Crippen LogP) is -0.653. The molecule has 0 rings (SSSR count). The smallest absolute Gasteiger partial charge is 0.264 e. The van der Waals surface area contributed by atoms with Crippen molar-refractivity contribution in [3.63, 3.8) is 0 Å². The van der Waals surface area contributed by atoms with Crippen LogP contribution in [0.4, 0.5) is 0 Å². The Morgan fingerprint density at radius 2 is 1.00 bits per heavy atom. The summed E-state index contributed by atoms with van der Waals surface area (Å²) in [5.74, 6) is 0. The van der Waals surface area contributed by atoms with Crippen LogP contribution < -0.4 is 0 Å². The van der Waals surface area contributed by atoms with Crippen LogP contribution in [0.1, 0.15) is 0 Å². The molecule has 0 aromatic carbocycles. The molecule has 2 N–H and O–H groups in total. The Morgan fingerprint density at radius 3 is 1.00 bits per heavy atom. The van der Waals surface area contributed by atoms with Crippen LogP contribution in [-0.2, 0) is 10.4 Å². The Balaban J connectivity index is -0.0000000800. The van der Waals surface area contributed by atoms with Crippen LogP contribution in [0.3, 0.4) is 0 Å². The maximum atomic E-state index is 8.74. The summed E-state index contributed by atoms with van der Waals surface area (Å²) in [7, 11) is -4.67. The standard InChI is InChI=1S/2Er.H2O4S/c;;1-5(2,3)4/h;;(H2,1,2,3,4). The zero-order chi connectivity index (χ0) is 4.50. The predicted molar refractivity (Wildman–Crippen MR) is 14.2 cm³/mol. The molecule has 7 heavy (non-hydrogen) atoms. The molecule has 0 fully saturated rings. The topological polar surface area (TPSA) is 74.6 Å². The molecule has 0 bridgehead atoms. The van der Waals surface area contributed by atoms with E-state index in [-0.39, 0.29) is 74.6 Å². The fourth-order valence-corrected chi connectivity index (χ4v) is 0. The Bertz CT molecular complexity index is 92.9. The van der Waals surface area contributed by atoms with E-state index in [9.17, 15) is 0 Å². The first kappa shape index (κ1) is 16.2. The van der Waals surface area contributed by atoms with Crippen molar-refractivity contribution in [2.45, 2.75) is 0 Å². The fourth-order valence-electron chi connectivity index (χ4n) is 0. The third-order valence-electron chi connectivity index (χ3n) is 0. The van der Waals surface area contributed by atoms with Crippen molar-refractivity contribution in [1.29, 1.82) is 0 Å². The third-order valence-corrected chi connectivity index (χ3v) is 0. The summed E-state index contributed by atoms with van der Waals surface area (Å²) in [6, 6.07) is 0. The molecule has 0 spiro atoms. The third kappa shape index (κ3) is 60.6. The zero-order valence-electron chi connectivity index (χ0n) is 2.70. The quantitative estimate of drug-likeness (QED) is 0.499. The minimum Gasteiger partial charge on any atom is -0.264 e. The van der Waals surface area contributed by atoms with Gasteiger partial charge in [0.1, 0.15) is 0 Å². The van der Waals surface area contributed by atoms with Crippen molar-refractivity contribution in [3.8, 4) is 0 Å². The Hall–Kier alpha value is 2.36. The van der Waals surface area contributed by atoms with Gasteiger partial charge >= 0.3 is 10.4 Å². The molecule has 0 aliphatic heterocycles. The molecule has 0 aromatic heterocycles. The average molecular weight is 433 g/mol. The number of rotatable bonds is 0. The van der Waals surface area contributed by atoms with E-state index >= 15 is 0 Å². The molecule has 56 valence electrons. The van der Waals surface area contributed by atoms with E-state index in [1.165, 1.54) is 0 Å². The summed E-state index contributed by atoms with van der Waals surface area (Å²) in [6.07, 6.45) is 0. The van der Waals surface area contributed by atoms with Crippen LogP contribution in [0.2, 0.25) is 0 Å². The summed E-state index contributed by atoms with van der Waals surface area (Å²) >= 11 is 0. The van der Waals surface area contributed by atoms with E-state index in [0.717, 1.165) is 0 Å². The van der Waals surface area contributed by atoms with Gasteiger partial charge in [-0.05, 0) is 0 Å². The zero-order valence-corrected chi connectivity index (χ0v) is 7.22. The molecule has 0 aromatic rings. The molecule has 0 radical (unpaired) electrons. The summed E-state index contributed by atoms with van der Waals surface area (Å²) in [5, 5.41) is 0. The monoisotopic (exact) mass is 430 g/mol. The van der Waals surface area contributed by atoms with Gasteiger partial charge in [0.25, 0.3) is 0 Å². The maximum Gasteiger partial charge on any atom is 0.394 e. The maximum absolute atomic E-state index is 8.74. The van der Waals surface area contributed by atoms with Gasteiger partial charge < -0.3 is 0 Å². The molecule has 0 aliphatic carbocycles. The molecule has 7 heteroatoms. The van der Waals surface area contributed by atoms with Gasteiger partial charge in [0, 0.05) is 74.6 Å². The average Bonchev–Trinajstić information content (AvgIpc) is 0.722. The molecule has 0 aliphatic rings. The van der Waals surface area contributed by atoms with Crippen molar-refractivity contribution in [1.82, 2.24) is 0 Å². The van der Waals surface area contributed by atoms with Crippen molar-refractivity contribution >= 4 is 10.4 Å². The SMILES string of the molecule is O=S(=O)(O)O.[Er].[Er]. The minimum atomic E-state index is -4.67. The van der Waals surface area contributed by atoms with Gasteiger partial charge in [-0.25, -0.2) is 0 Å². The second kappa shape index (κ2) is 6.48. The van der Waals surface area contributed by atoms with Gasteiger partial charge in [0.05, 0.1) is 0 Å². The molecule has 0 saturated heterocycles. The van der Waals surface area contributed by atoms with Crippen molar-refractivity contribution in [2.24, 2.45) is 0 Å². The van der Waals surface area contributed by atoms with E-state index in [0.29, 0.717) is 0 Å². The van der Waals surface area contributed by atoms with E-state index < -0.39 is 10.4 Å². The van der Waals surface area contributed by atoms with E-state index in [1.54, 1.807) is 0 Å². The second-order valence-corrected chi connectivity index (χ2v) is 1.34. The molecular formula is H2Er2O4S. The second-order valence-electron chi connectivity index (χ2n) is 0.448. The molecule has 0 atom stereocenters. The van der Waals surface area contributed by atoms with Gasteiger partial charge in [-0.2, -0.15) is 8.42 Å². The first-order chi connectivity index (χ1) is 2.00. The van der Waals surface area contributed by atoms with Gasteiger partial charge in [-0.15, -0.1) is 0 Å². The Morgan fingerprint density at radius 1 is 1.00 bits per heavy atom. The summed E-state index contributed by atoms with van der Waals surface area (Å²) in [5.41, 5.74) is 0. The first-order valence-electron chi connectivity index (χ1n) is 0.698.